The summed E-state index contributed by atoms with van der Waals surface area (Å²) >= 11 is 0. The fourth-order valence-corrected chi connectivity index (χ4v) is 3.49. The van der Waals surface area contributed by atoms with E-state index >= 15 is 0 Å². The number of rotatable bonds is 4. The SMILES string of the molecule is Cc1cc(C)cc(NC(=O)C2CCN(Cc3ccccc3)CC2)c1. The number of hydrogen-bond donors (Lipinski definition) is 1. The molecule has 3 rings (SSSR count). The summed E-state index contributed by atoms with van der Waals surface area (Å²) in [5.74, 6) is 0.289. The van der Waals surface area contributed by atoms with Crippen LogP contribution < -0.4 is 5.32 Å². The standard InChI is InChI=1S/C21H26N2O/c1-16-12-17(2)14-20(13-16)22-21(24)19-8-10-23(11-9-19)15-18-6-4-3-5-7-18/h3-7,12-14,19H,8-11,15H2,1-2H3,(H,22,24). The molecule has 0 spiro atoms. The average Bonchev–Trinajstić information content (AvgIpc) is 2.55. The lowest BCUT2D eigenvalue weighted by Crippen LogP contribution is -2.37. The predicted octanol–water partition coefficient (Wildman–Crippen LogP) is 4.15. The molecule has 1 saturated heterocycles. The number of nitrogens with zero attached hydrogens (tertiary/aromatic N) is 1. The second kappa shape index (κ2) is 7.63. The molecule has 3 heteroatoms. The maximum atomic E-state index is 12.5. The van der Waals surface area contributed by atoms with Gasteiger partial charge >= 0.3 is 0 Å². The summed E-state index contributed by atoms with van der Waals surface area (Å²) in [4.78, 5) is 15.0. The highest BCUT2D eigenvalue weighted by atomic mass is 16.1. The van der Waals surface area contributed by atoms with Crippen LogP contribution in [-0.2, 0) is 11.3 Å². The van der Waals surface area contributed by atoms with Gasteiger partial charge in [-0.25, -0.2) is 0 Å². The van der Waals surface area contributed by atoms with Crippen molar-refractivity contribution < 1.29 is 4.79 Å². The molecule has 1 aliphatic heterocycles. The minimum Gasteiger partial charge on any atom is -0.326 e. The molecule has 0 aromatic heterocycles. The fourth-order valence-electron chi connectivity index (χ4n) is 3.49. The van der Waals surface area contributed by atoms with E-state index in [-0.39, 0.29) is 11.8 Å². The predicted molar refractivity (Wildman–Crippen MR) is 99.0 cm³/mol. The zero-order chi connectivity index (χ0) is 16.9. The van der Waals surface area contributed by atoms with Crippen molar-refractivity contribution in [3.63, 3.8) is 0 Å². The summed E-state index contributed by atoms with van der Waals surface area (Å²) in [6, 6.07) is 16.7. The van der Waals surface area contributed by atoms with Crippen LogP contribution in [0.4, 0.5) is 5.69 Å². The molecule has 1 heterocycles. The number of piperidine rings is 1. The third-order valence-electron chi connectivity index (χ3n) is 4.70. The molecule has 2 aromatic carbocycles. The Morgan fingerprint density at radius 2 is 1.67 bits per heavy atom. The minimum absolute atomic E-state index is 0.123. The largest absolute Gasteiger partial charge is 0.326 e. The molecule has 0 saturated carbocycles. The maximum Gasteiger partial charge on any atom is 0.227 e. The number of benzene rings is 2. The minimum atomic E-state index is 0.123. The molecule has 1 amide bonds. The van der Waals surface area contributed by atoms with Crippen LogP contribution in [0.2, 0.25) is 0 Å². The molecule has 2 aromatic rings. The smallest absolute Gasteiger partial charge is 0.227 e. The zero-order valence-electron chi connectivity index (χ0n) is 14.6. The van der Waals surface area contributed by atoms with E-state index in [9.17, 15) is 4.79 Å². The van der Waals surface area contributed by atoms with Crippen LogP contribution >= 0.6 is 0 Å². The highest BCUT2D eigenvalue weighted by molar-refractivity contribution is 5.92. The maximum absolute atomic E-state index is 12.5. The summed E-state index contributed by atoms with van der Waals surface area (Å²) in [6.07, 6.45) is 1.87. The van der Waals surface area contributed by atoms with Crippen LogP contribution in [0, 0.1) is 19.8 Å². The molecule has 1 aliphatic rings. The molecule has 0 unspecified atom stereocenters. The Morgan fingerprint density at radius 1 is 1.04 bits per heavy atom. The first-order chi connectivity index (χ1) is 11.6. The quantitative estimate of drug-likeness (QED) is 0.917. The number of carbonyl (C=O) groups is 1. The Balaban J connectivity index is 1.51. The third-order valence-corrected chi connectivity index (χ3v) is 4.70. The van der Waals surface area contributed by atoms with Gasteiger partial charge in [0, 0.05) is 18.2 Å². The summed E-state index contributed by atoms with van der Waals surface area (Å²) in [5, 5.41) is 3.10. The van der Waals surface area contributed by atoms with Crippen LogP contribution in [-0.4, -0.2) is 23.9 Å². The van der Waals surface area contributed by atoms with Crippen LogP contribution in [0.5, 0.6) is 0 Å². The van der Waals surface area contributed by atoms with Crippen LogP contribution in [0.3, 0.4) is 0 Å². The van der Waals surface area contributed by atoms with Gasteiger partial charge in [-0.2, -0.15) is 0 Å². The Kier molecular flexibility index (Phi) is 5.31. The second-order valence-electron chi connectivity index (χ2n) is 6.90. The lowest BCUT2D eigenvalue weighted by Gasteiger charge is -2.31. The van der Waals surface area contributed by atoms with Gasteiger partial charge in [0.15, 0.2) is 0 Å². The van der Waals surface area contributed by atoms with Crippen molar-refractivity contribution in [1.82, 2.24) is 4.90 Å². The van der Waals surface area contributed by atoms with E-state index in [2.05, 4.69) is 54.4 Å². The van der Waals surface area contributed by atoms with E-state index in [4.69, 9.17) is 0 Å². The lowest BCUT2D eigenvalue weighted by atomic mass is 9.95. The monoisotopic (exact) mass is 322 g/mol. The van der Waals surface area contributed by atoms with E-state index in [1.807, 2.05) is 18.2 Å². The number of nitrogens with one attached hydrogen (secondary N) is 1. The molecule has 0 radical (unpaired) electrons. The van der Waals surface area contributed by atoms with Gasteiger partial charge in [0.1, 0.15) is 0 Å². The molecule has 24 heavy (non-hydrogen) atoms. The number of likely N-dealkylation sites (tertiary alicyclic amines) is 1. The zero-order valence-corrected chi connectivity index (χ0v) is 14.6. The summed E-state index contributed by atoms with van der Waals surface area (Å²) < 4.78 is 0. The van der Waals surface area contributed by atoms with Crippen LogP contribution in [0.1, 0.15) is 29.5 Å². The lowest BCUT2D eigenvalue weighted by molar-refractivity contribution is -0.121. The normalized spacial score (nSPS) is 16.1. The van der Waals surface area contributed by atoms with Gasteiger partial charge in [0.05, 0.1) is 0 Å². The summed E-state index contributed by atoms with van der Waals surface area (Å²) in [6.45, 7) is 7.07. The van der Waals surface area contributed by atoms with Crippen molar-refractivity contribution in [2.45, 2.75) is 33.2 Å². The van der Waals surface area contributed by atoms with Crippen molar-refractivity contribution in [3.8, 4) is 0 Å². The number of amides is 1. The van der Waals surface area contributed by atoms with Gasteiger partial charge in [-0.3, -0.25) is 9.69 Å². The molecule has 3 nitrogen and oxygen atoms in total. The Bertz CT molecular complexity index is 668. The van der Waals surface area contributed by atoms with Crippen molar-refractivity contribution in [3.05, 3.63) is 65.2 Å². The van der Waals surface area contributed by atoms with Gasteiger partial charge in [0.25, 0.3) is 0 Å². The van der Waals surface area contributed by atoms with E-state index < -0.39 is 0 Å². The number of aryl methyl sites for hydroxylation is 2. The van der Waals surface area contributed by atoms with Gasteiger partial charge in [-0.1, -0.05) is 36.4 Å². The number of anilines is 1. The van der Waals surface area contributed by atoms with Gasteiger partial charge in [0.2, 0.25) is 5.91 Å². The molecule has 0 atom stereocenters. The first-order valence-corrected chi connectivity index (χ1v) is 8.75. The summed E-state index contributed by atoms with van der Waals surface area (Å²) in [7, 11) is 0. The molecule has 126 valence electrons. The second-order valence-corrected chi connectivity index (χ2v) is 6.90. The number of carbonyl (C=O) groups excluding carboxylic acids is 1. The van der Waals surface area contributed by atoms with Gasteiger partial charge in [-0.15, -0.1) is 0 Å². The highest BCUT2D eigenvalue weighted by Gasteiger charge is 2.25. The fraction of sp³-hybridized carbons (Fsp3) is 0.381. The summed E-state index contributed by atoms with van der Waals surface area (Å²) in [5.41, 5.74) is 4.63. The van der Waals surface area contributed by atoms with E-state index in [0.717, 1.165) is 38.2 Å². The Labute approximate surface area is 144 Å². The van der Waals surface area contributed by atoms with Crippen molar-refractivity contribution in [2.24, 2.45) is 5.92 Å². The van der Waals surface area contributed by atoms with Gasteiger partial charge in [-0.05, 0) is 68.6 Å². The molecular formula is C21H26N2O. The highest BCUT2D eigenvalue weighted by Crippen LogP contribution is 2.22. The van der Waals surface area contributed by atoms with Crippen LogP contribution in [0.15, 0.2) is 48.5 Å². The molecule has 1 fully saturated rings. The van der Waals surface area contributed by atoms with Crippen molar-refractivity contribution in [2.75, 3.05) is 18.4 Å². The first-order valence-electron chi connectivity index (χ1n) is 8.75. The first kappa shape index (κ1) is 16.7. The molecular weight excluding hydrogens is 296 g/mol. The third kappa shape index (κ3) is 4.45. The van der Waals surface area contributed by atoms with Crippen molar-refractivity contribution in [1.29, 1.82) is 0 Å². The molecule has 0 bridgehead atoms. The number of hydrogen-bond acceptors (Lipinski definition) is 2. The van der Waals surface area contributed by atoms with E-state index in [0.29, 0.717) is 0 Å². The van der Waals surface area contributed by atoms with E-state index in [1.165, 1.54) is 16.7 Å². The average molecular weight is 322 g/mol. The molecule has 0 aliphatic carbocycles. The topological polar surface area (TPSA) is 32.3 Å². The Hall–Kier alpha value is -2.13. The van der Waals surface area contributed by atoms with Crippen molar-refractivity contribution >= 4 is 11.6 Å². The van der Waals surface area contributed by atoms with E-state index in [1.54, 1.807) is 0 Å². The van der Waals surface area contributed by atoms with Gasteiger partial charge < -0.3 is 5.32 Å². The van der Waals surface area contributed by atoms with Crippen LogP contribution in [0.25, 0.3) is 0 Å². The Morgan fingerprint density at radius 3 is 2.29 bits per heavy atom. The molecule has 1 N–H and O–H groups in total.